The predicted molar refractivity (Wildman–Crippen MR) is 177 cm³/mol. The lowest BCUT2D eigenvalue weighted by Crippen LogP contribution is -2.54. The van der Waals surface area contributed by atoms with Gasteiger partial charge < -0.3 is 10.2 Å². The third-order valence-corrected chi connectivity index (χ3v) is 8.93. The van der Waals surface area contributed by atoms with Crippen LogP contribution in [0.2, 0.25) is 20.1 Å². The van der Waals surface area contributed by atoms with E-state index >= 15 is 0 Å². The van der Waals surface area contributed by atoms with Crippen molar-refractivity contribution in [2.75, 3.05) is 17.1 Å². The number of nitrogens with zero attached hydrogens (tertiary/aromatic N) is 2. The minimum atomic E-state index is -3.76. The van der Waals surface area contributed by atoms with Gasteiger partial charge in [0.2, 0.25) is 21.8 Å². The molecule has 232 valence electrons. The van der Waals surface area contributed by atoms with E-state index in [2.05, 4.69) is 5.32 Å². The SMILES string of the molecule is CC(C)(C)NC(=O)C(Cc1ccccc1)N(Cc1c(Cl)cccc1Cl)C(=O)CCCN(c1cc(Cl)ccc1Cl)S(C)(=O)=O. The Labute approximate surface area is 274 Å². The van der Waals surface area contributed by atoms with E-state index in [0.717, 1.165) is 16.1 Å². The van der Waals surface area contributed by atoms with Gasteiger partial charge in [0.1, 0.15) is 6.04 Å². The van der Waals surface area contributed by atoms with Crippen LogP contribution in [-0.4, -0.2) is 49.5 Å². The average Bonchev–Trinajstić information content (AvgIpc) is 2.90. The molecule has 0 spiro atoms. The van der Waals surface area contributed by atoms with Crippen molar-refractivity contribution in [3.63, 3.8) is 0 Å². The van der Waals surface area contributed by atoms with Crippen molar-refractivity contribution in [3.05, 3.63) is 97.9 Å². The van der Waals surface area contributed by atoms with E-state index < -0.39 is 21.6 Å². The van der Waals surface area contributed by atoms with E-state index in [0.29, 0.717) is 20.6 Å². The van der Waals surface area contributed by atoms with Gasteiger partial charge in [0.15, 0.2) is 0 Å². The molecule has 0 bridgehead atoms. The Morgan fingerprint density at radius 2 is 1.51 bits per heavy atom. The van der Waals surface area contributed by atoms with Crippen LogP contribution in [0.5, 0.6) is 0 Å². The molecule has 0 aromatic heterocycles. The first kappa shape index (κ1) is 35.0. The summed E-state index contributed by atoms with van der Waals surface area (Å²) >= 11 is 25.4. The van der Waals surface area contributed by atoms with Crippen LogP contribution in [0.4, 0.5) is 5.69 Å². The number of benzene rings is 3. The molecule has 43 heavy (non-hydrogen) atoms. The van der Waals surface area contributed by atoms with E-state index in [-0.39, 0.29) is 54.9 Å². The first-order valence-electron chi connectivity index (χ1n) is 13.6. The van der Waals surface area contributed by atoms with Crippen molar-refractivity contribution in [1.29, 1.82) is 0 Å². The van der Waals surface area contributed by atoms with Crippen molar-refractivity contribution < 1.29 is 18.0 Å². The molecule has 0 aliphatic rings. The quantitative estimate of drug-likeness (QED) is 0.215. The summed E-state index contributed by atoms with van der Waals surface area (Å²) in [6, 6.07) is 18.1. The lowest BCUT2D eigenvalue weighted by molar-refractivity contribution is -0.142. The van der Waals surface area contributed by atoms with Crippen LogP contribution in [0, 0.1) is 0 Å². The van der Waals surface area contributed by atoms with Crippen LogP contribution >= 0.6 is 46.4 Å². The summed E-state index contributed by atoms with van der Waals surface area (Å²) < 4.78 is 26.5. The zero-order valence-electron chi connectivity index (χ0n) is 24.4. The van der Waals surface area contributed by atoms with Crippen molar-refractivity contribution in [2.24, 2.45) is 0 Å². The number of nitrogens with one attached hydrogen (secondary N) is 1. The van der Waals surface area contributed by atoms with Crippen LogP contribution < -0.4 is 9.62 Å². The van der Waals surface area contributed by atoms with Crippen LogP contribution in [-0.2, 0) is 32.6 Å². The van der Waals surface area contributed by atoms with E-state index in [4.69, 9.17) is 46.4 Å². The number of carbonyl (C=O) groups is 2. The molecule has 0 radical (unpaired) electrons. The molecule has 0 aliphatic carbocycles. The Morgan fingerprint density at radius 1 is 0.884 bits per heavy atom. The van der Waals surface area contributed by atoms with Gasteiger partial charge in [-0.2, -0.15) is 0 Å². The summed E-state index contributed by atoms with van der Waals surface area (Å²) in [5.41, 5.74) is 1.02. The molecule has 2 amide bonds. The van der Waals surface area contributed by atoms with Gasteiger partial charge in [-0.05, 0) is 63.1 Å². The lowest BCUT2D eigenvalue weighted by Gasteiger charge is -2.34. The molecule has 3 aromatic carbocycles. The highest BCUT2D eigenvalue weighted by atomic mass is 35.5. The second kappa shape index (κ2) is 15.0. The zero-order chi connectivity index (χ0) is 31.9. The topological polar surface area (TPSA) is 86.8 Å². The van der Waals surface area contributed by atoms with Gasteiger partial charge in [0, 0.05) is 52.1 Å². The minimum Gasteiger partial charge on any atom is -0.350 e. The molecule has 12 heteroatoms. The molecule has 1 N–H and O–H groups in total. The van der Waals surface area contributed by atoms with Crippen LogP contribution in [0.3, 0.4) is 0 Å². The van der Waals surface area contributed by atoms with Gasteiger partial charge in [-0.15, -0.1) is 0 Å². The minimum absolute atomic E-state index is 0.0255. The maximum atomic E-state index is 14.0. The number of halogens is 4. The molecule has 1 atom stereocenters. The molecule has 0 saturated heterocycles. The number of anilines is 1. The summed E-state index contributed by atoms with van der Waals surface area (Å²) in [6.45, 7) is 5.53. The average molecular weight is 688 g/mol. The second-order valence-electron chi connectivity index (χ2n) is 11.2. The van der Waals surface area contributed by atoms with Crippen molar-refractivity contribution >= 4 is 73.9 Å². The number of hydrogen-bond donors (Lipinski definition) is 1. The third-order valence-electron chi connectivity index (χ3n) is 6.49. The summed E-state index contributed by atoms with van der Waals surface area (Å²) in [7, 11) is -3.76. The zero-order valence-corrected chi connectivity index (χ0v) is 28.3. The Hall–Kier alpha value is -2.49. The molecule has 7 nitrogen and oxygen atoms in total. The van der Waals surface area contributed by atoms with E-state index in [1.165, 1.54) is 17.0 Å². The highest BCUT2D eigenvalue weighted by Gasteiger charge is 2.33. The van der Waals surface area contributed by atoms with Gasteiger partial charge in [-0.1, -0.05) is 82.8 Å². The Morgan fingerprint density at radius 3 is 2.09 bits per heavy atom. The summed E-state index contributed by atoms with van der Waals surface area (Å²) in [6.07, 6.45) is 1.37. The molecule has 3 rings (SSSR count). The summed E-state index contributed by atoms with van der Waals surface area (Å²) in [5, 5.41) is 4.25. The molecule has 0 aliphatic heterocycles. The van der Waals surface area contributed by atoms with E-state index in [9.17, 15) is 18.0 Å². The first-order valence-corrected chi connectivity index (χ1v) is 16.9. The first-order chi connectivity index (χ1) is 20.1. The van der Waals surface area contributed by atoms with E-state index in [1.54, 1.807) is 24.3 Å². The van der Waals surface area contributed by atoms with Crippen molar-refractivity contribution in [3.8, 4) is 0 Å². The lowest BCUT2D eigenvalue weighted by atomic mass is 10.00. The molecular weight excluding hydrogens is 652 g/mol. The fourth-order valence-electron chi connectivity index (χ4n) is 4.52. The highest BCUT2D eigenvalue weighted by molar-refractivity contribution is 7.92. The standard InChI is InChI=1S/C31H35Cl4N3O4S/c1-31(2,3)36-30(40)28(18-21-10-6-5-7-11-21)37(20-23-24(33)12-8-13-25(23)34)29(39)14-9-17-38(43(4,41)42)27-19-22(32)15-16-26(27)35/h5-8,10-13,15-16,19,28H,9,14,17-18,20H2,1-4H3,(H,36,40). The number of carbonyl (C=O) groups excluding carboxylic acids is 2. The predicted octanol–water partition coefficient (Wildman–Crippen LogP) is 7.40. The third kappa shape index (κ3) is 10.3. The fourth-order valence-corrected chi connectivity index (χ4v) is 6.44. The Kier molecular flexibility index (Phi) is 12.2. The van der Waals surface area contributed by atoms with E-state index in [1.807, 2.05) is 51.1 Å². The van der Waals surface area contributed by atoms with Gasteiger partial charge in [-0.3, -0.25) is 13.9 Å². The largest absolute Gasteiger partial charge is 0.350 e. The number of sulfonamides is 1. The molecule has 3 aromatic rings. The van der Waals surface area contributed by atoms with Gasteiger partial charge in [-0.25, -0.2) is 8.42 Å². The highest BCUT2D eigenvalue weighted by Crippen LogP contribution is 2.31. The maximum absolute atomic E-state index is 14.0. The Bertz CT molecular complexity index is 1530. The monoisotopic (exact) mass is 685 g/mol. The molecule has 0 heterocycles. The summed E-state index contributed by atoms with van der Waals surface area (Å²) in [4.78, 5) is 29.2. The van der Waals surface area contributed by atoms with Crippen LogP contribution in [0.25, 0.3) is 0 Å². The smallest absolute Gasteiger partial charge is 0.243 e. The number of hydrogen-bond acceptors (Lipinski definition) is 4. The molecule has 0 saturated carbocycles. The van der Waals surface area contributed by atoms with Gasteiger partial charge in [0.05, 0.1) is 17.0 Å². The maximum Gasteiger partial charge on any atom is 0.243 e. The second-order valence-corrected chi connectivity index (χ2v) is 14.8. The van der Waals surface area contributed by atoms with Gasteiger partial charge >= 0.3 is 0 Å². The fraction of sp³-hybridized carbons (Fsp3) is 0.355. The van der Waals surface area contributed by atoms with Crippen molar-refractivity contribution in [2.45, 2.75) is 58.2 Å². The van der Waals surface area contributed by atoms with Gasteiger partial charge in [0.25, 0.3) is 0 Å². The Balaban J connectivity index is 1.97. The summed E-state index contributed by atoms with van der Waals surface area (Å²) in [5.74, 6) is -0.706. The molecule has 0 fully saturated rings. The number of rotatable bonds is 12. The molecular formula is C31H35Cl4N3O4S. The normalized spacial score (nSPS) is 12.5. The molecule has 1 unspecified atom stereocenters. The van der Waals surface area contributed by atoms with Crippen LogP contribution in [0.15, 0.2) is 66.7 Å². The van der Waals surface area contributed by atoms with Crippen LogP contribution in [0.1, 0.15) is 44.7 Å². The van der Waals surface area contributed by atoms with Crippen molar-refractivity contribution in [1.82, 2.24) is 10.2 Å². The number of amides is 2.